The summed E-state index contributed by atoms with van der Waals surface area (Å²) in [6.07, 6.45) is 1.30. The van der Waals surface area contributed by atoms with E-state index in [1.54, 1.807) is 0 Å². The largest absolute Gasteiger partial charge is 0.353 e. The Labute approximate surface area is 121 Å². The molecule has 2 unspecified atom stereocenters. The van der Waals surface area contributed by atoms with E-state index < -0.39 is 15.9 Å². The highest BCUT2D eigenvalue weighted by molar-refractivity contribution is 7.90. The number of carbonyl (C=O) groups excluding carboxylic acids is 1. The van der Waals surface area contributed by atoms with Crippen LogP contribution in [-0.2, 0) is 14.6 Å². The van der Waals surface area contributed by atoms with Crippen LogP contribution in [0.5, 0.6) is 0 Å². The van der Waals surface area contributed by atoms with Gasteiger partial charge in [0.15, 0.2) is 0 Å². The van der Waals surface area contributed by atoms with Crippen LogP contribution < -0.4 is 11.1 Å². The molecular weight excluding hydrogens is 280 g/mol. The number of hydrogen-bond donors (Lipinski definition) is 2. The Morgan fingerprint density at radius 1 is 1.40 bits per heavy atom. The van der Waals surface area contributed by atoms with Crippen LogP contribution in [0.3, 0.4) is 0 Å². The van der Waals surface area contributed by atoms with Crippen LogP contribution in [-0.4, -0.2) is 88.5 Å². The topological polar surface area (TPSA) is 95.7 Å². The van der Waals surface area contributed by atoms with Gasteiger partial charge >= 0.3 is 0 Å². The summed E-state index contributed by atoms with van der Waals surface area (Å²) >= 11 is 0. The van der Waals surface area contributed by atoms with Gasteiger partial charge in [0.2, 0.25) is 5.91 Å². The van der Waals surface area contributed by atoms with Gasteiger partial charge in [0.1, 0.15) is 9.84 Å². The SMILES string of the molecule is CN1CCN(C)C(CNC(=O)C(N)CCS(C)(=O)=O)C1. The predicted molar refractivity (Wildman–Crippen MR) is 79.2 cm³/mol. The molecule has 0 aromatic carbocycles. The molecule has 1 heterocycles. The first-order chi connectivity index (χ1) is 9.19. The van der Waals surface area contributed by atoms with Crippen molar-refractivity contribution in [3.05, 3.63) is 0 Å². The van der Waals surface area contributed by atoms with E-state index in [4.69, 9.17) is 5.73 Å². The maximum atomic E-state index is 11.8. The first kappa shape index (κ1) is 17.4. The van der Waals surface area contributed by atoms with Crippen molar-refractivity contribution in [3.63, 3.8) is 0 Å². The molecular formula is C12H26N4O3S. The molecule has 0 radical (unpaired) electrons. The molecule has 1 aliphatic heterocycles. The Morgan fingerprint density at radius 2 is 2.05 bits per heavy atom. The Bertz CT molecular complexity index is 426. The maximum Gasteiger partial charge on any atom is 0.237 e. The average Bonchev–Trinajstić information content (AvgIpc) is 2.35. The third-order valence-electron chi connectivity index (χ3n) is 3.63. The standard InChI is InChI=1S/C12H26N4O3S/c1-15-5-6-16(2)10(9-15)8-14-12(17)11(13)4-7-20(3,18)19/h10-11H,4-9,13H2,1-3H3,(H,14,17). The van der Waals surface area contributed by atoms with Gasteiger partial charge in [-0.1, -0.05) is 0 Å². The second kappa shape index (κ2) is 7.35. The summed E-state index contributed by atoms with van der Waals surface area (Å²) in [6.45, 7) is 3.42. The highest BCUT2D eigenvalue weighted by Gasteiger charge is 2.23. The number of nitrogens with two attached hydrogens (primary N) is 1. The van der Waals surface area contributed by atoms with Crippen molar-refractivity contribution >= 4 is 15.7 Å². The van der Waals surface area contributed by atoms with Crippen molar-refractivity contribution in [1.29, 1.82) is 0 Å². The maximum absolute atomic E-state index is 11.8. The van der Waals surface area contributed by atoms with Gasteiger partial charge in [0.05, 0.1) is 11.8 Å². The zero-order chi connectivity index (χ0) is 15.3. The monoisotopic (exact) mass is 306 g/mol. The Hall–Kier alpha value is -0.700. The first-order valence-electron chi connectivity index (χ1n) is 6.79. The van der Waals surface area contributed by atoms with Gasteiger partial charge in [-0.3, -0.25) is 9.69 Å². The van der Waals surface area contributed by atoms with Gasteiger partial charge in [0.25, 0.3) is 0 Å². The molecule has 0 spiro atoms. The van der Waals surface area contributed by atoms with E-state index in [0.717, 1.165) is 25.9 Å². The number of piperazine rings is 1. The van der Waals surface area contributed by atoms with Crippen LogP contribution >= 0.6 is 0 Å². The molecule has 0 aromatic heterocycles. The summed E-state index contributed by atoms with van der Waals surface area (Å²) < 4.78 is 22.1. The second-order valence-corrected chi connectivity index (χ2v) is 7.93. The van der Waals surface area contributed by atoms with E-state index in [-0.39, 0.29) is 24.1 Å². The van der Waals surface area contributed by atoms with Crippen LogP contribution in [0.15, 0.2) is 0 Å². The molecule has 1 fully saturated rings. The lowest BCUT2D eigenvalue weighted by Crippen LogP contribution is -2.55. The van der Waals surface area contributed by atoms with Gasteiger partial charge in [-0.15, -0.1) is 0 Å². The average molecular weight is 306 g/mol. The van der Waals surface area contributed by atoms with Gasteiger partial charge in [0, 0.05) is 38.5 Å². The number of likely N-dealkylation sites (N-methyl/N-ethyl adjacent to an activating group) is 2. The van der Waals surface area contributed by atoms with E-state index in [2.05, 4.69) is 22.2 Å². The summed E-state index contributed by atoms with van der Waals surface area (Å²) in [5, 5.41) is 2.81. The summed E-state index contributed by atoms with van der Waals surface area (Å²) in [5.74, 6) is -0.344. The fraction of sp³-hybridized carbons (Fsp3) is 0.917. The molecule has 20 heavy (non-hydrogen) atoms. The number of sulfone groups is 1. The van der Waals surface area contributed by atoms with E-state index in [9.17, 15) is 13.2 Å². The molecule has 0 bridgehead atoms. The molecule has 8 heteroatoms. The lowest BCUT2D eigenvalue weighted by Gasteiger charge is -2.37. The van der Waals surface area contributed by atoms with Crippen LogP contribution in [0.4, 0.5) is 0 Å². The zero-order valence-electron chi connectivity index (χ0n) is 12.5. The minimum absolute atomic E-state index is 0.0618. The summed E-state index contributed by atoms with van der Waals surface area (Å²) in [5.41, 5.74) is 5.70. The van der Waals surface area contributed by atoms with Crippen LogP contribution in [0, 0.1) is 0 Å². The van der Waals surface area contributed by atoms with Gasteiger partial charge < -0.3 is 16.0 Å². The van der Waals surface area contributed by atoms with Crippen LogP contribution in [0.25, 0.3) is 0 Å². The number of hydrogen-bond acceptors (Lipinski definition) is 6. The van der Waals surface area contributed by atoms with E-state index in [0.29, 0.717) is 6.54 Å². The quantitative estimate of drug-likeness (QED) is 0.596. The Kier molecular flexibility index (Phi) is 6.38. The number of rotatable bonds is 6. The van der Waals surface area contributed by atoms with Crippen molar-refractivity contribution in [2.24, 2.45) is 5.73 Å². The lowest BCUT2D eigenvalue weighted by molar-refractivity contribution is -0.122. The minimum atomic E-state index is -3.08. The number of nitrogens with one attached hydrogen (secondary N) is 1. The normalized spacial score (nSPS) is 23.5. The number of amides is 1. The Balaban J connectivity index is 2.34. The first-order valence-corrected chi connectivity index (χ1v) is 8.85. The molecule has 0 aliphatic carbocycles. The molecule has 0 aromatic rings. The van der Waals surface area contributed by atoms with Gasteiger partial charge in [-0.05, 0) is 20.5 Å². The molecule has 3 N–H and O–H groups in total. The highest BCUT2D eigenvalue weighted by Crippen LogP contribution is 2.04. The van der Waals surface area contributed by atoms with Crippen molar-refractivity contribution in [3.8, 4) is 0 Å². The predicted octanol–water partition coefficient (Wildman–Crippen LogP) is -1.89. The summed E-state index contributed by atoms with van der Waals surface area (Å²) in [7, 11) is 1.01. The third-order valence-corrected chi connectivity index (χ3v) is 4.61. The van der Waals surface area contributed by atoms with Gasteiger partial charge in [-0.25, -0.2) is 8.42 Å². The molecule has 1 amide bonds. The smallest absolute Gasteiger partial charge is 0.237 e. The molecule has 118 valence electrons. The summed E-state index contributed by atoms with van der Waals surface area (Å²) in [6, 6.07) is -0.504. The fourth-order valence-corrected chi connectivity index (χ4v) is 2.83. The minimum Gasteiger partial charge on any atom is -0.353 e. The fourth-order valence-electron chi connectivity index (χ4n) is 2.14. The Morgan fingerprint density at radius 3 is 2.65 bits per heavy atom. The number of carbonyl (C=O) groups is 1. The van der Waals surface area contributed by atoms with Crippen molar-refractivity contribution in [2.75, 3.05) is 52.3 Å². The van der Waals surface area contributed by atoms with Crippen LogP contribution in [0.1, 0.15) is 6.42 Å². The molecule has 7 nitrogen and oxygen atoms in total. The second-order valence-electron chi connectivity index (χ2n) is 5.67. The van der Waals surface area contributed by atoms with Crippen LogP contribution in [0.2, 0.25) is 0 Å². The van der Waals surface area contributed by atoms with Crippen molar-refractivity contribution in [2.45, 2.75) is 18.5 Å². The molecule has 1 rings (SSSR count). The summed E-state index contributed by atoms with van der Waals surface area (Å²) in [4.78, 5) is 16.3. The van der Waals surface area contributed by atoms with Gasteiger partial charge in [-0.2, -0.15) is 0 Å². The lowest BCUT2D eigenvalue weighted by atomic mass is 10.1. The molecule has 1 saturated heterocycles. The highest BCUT2D eigenvalue weighted by atomic mass is 32.2. The van der Waals surface area contributed by atoms with Crippen molar-refractivity contribution < 1.29 is 13.2 Å². The molecule has 2 atom stereocenters. The van der Waals surface area contributed by atoms with E-state index in [1.807, 2.05) is 7.05 Å². The van der Waals surface area contributed by atoms with Crippen molar-refractivity contribution in [1.82, 2.24) is 15.1 Å². The number of nitrogens with zero attached hydrogens (tertiary/aromatic N) is 2. The molecule has 0 saturated carbocycles. The molecule has 1 aliphatic rings. The zero-order valence-corrected chi connectivity index (χ0v) is 13.3. The third kappa shape index (κ3) is 6.17. The van der Waals surface area contributed by atoms with E-state index >= 15 is 0 Å². The van der Waals surface area contributed by atoms with E-state index in [1.165, 1.54) is 0 Å².